The number of ether oxygens (including phenoxy) is 1. The van der Waals surface area contributed by atoms with E-state index in [0.29, 0.717) is 6.42 Å². The molecule has 0 aromatic rings. The van der Waals surface area contributed by atoms with Crippen molar-refractivity contribution in [2.75, 3.05) is 19.1 Å². The first-order valence-electron chi connectivity index (χ1n) is 6.10. The summed E-state index contributed by atoms with van der Waals surface area (Å²) in [5, 5.41) is 2.68. The summed E-state index contributed by atoms with van der Waals surface area (Å²) in [5.74, 6) is 0.129. The third kappa shape index (κ3) is 5.73. The second kappa shape index (κ2) is 9.22. The van der Waals surface area contributed by atoms with Crippen LogP contribution in [0.3, 0.4) is 0 Å². The van der Waals surface area contributed by atoms with E-state index in [0.717, 1.165) is 12.2 Å². The van der Waals surface area contributed by atoms with Crippen LogP contribution in [0, 0.1) is 5.92 Å². The van der Waals surface area contributed by atoms with Gasteiger partial charge < -0.3 is 15.8 Å². The Bertz CT molecular complexity index is 274. The lowest BCUT2D eigenvalue weighted by molar-refractivity contribution is -0.146. The summed E-state index contributed by atoms with van der Waals surface area (Å²) < 4.78 is 4.70. The van der Waals surface area contributed by atoms with E-state index in [1.54, 1.807) is 11.8 Å². The lowest BCUT2D eigenvalue weighted by Crippen LogP contribution is -2.51. The van der Waals surface area contributed by atoms with Crippen molar-refractivity contribution in [3.8, 4) is 0 Å². The van der Waals surface area contributed by atoms with Crippen LogP contribution in [-0.4, -0.2) is 43.1 Å². The van der Waals surface area contributed by atoms with Gasteiger partial charge in [-0.2, -0.15) is 11.8 Å². The minimum atomic E-state index is -0.618. The normalized spacial score (nSPS) is 15.6. The van der Waals surface area contributed by atoms with Crippen LogP contribution in [0.5, 0.6) is 0 Å². The number of amides is 1. The highest BCUT2D eigenvalue weighted by Gasteiger charge is 2.28. The van der Waals surface area contributed by atoms with Crippen molar-refractivity contribution in [1.82, 2.24) is 5.32 Å². The standard InChI is InChI=1S/C12H24N2O3S/c1-5-8(2)10(12(16)17-3)14-11(15)9(13)6-7-18-4/h8-10H,5-7,13H2,1-4H3,(H,14,15)/t8?,9-,10?/m0/s1. The number of nitrogens with two attached hydrogens (primary N) is 1. The molecular weight excluding hydrogens is 252 g/mol. The molecule has 3 N–H and O–H groups in total. The molecule has 0 fully saturated rings. The summed E-state index contributed by atoms with van der Waals surface area (Å²) in [7, 11) is 1.32. The number of nitrogens with one attached hydrogen (secondary N) is 1. The van der Waals surface area contributed by atoms with Crippen molar-refractivity contribution in [1.29, 1.82) is 0 Å². The molecule has 0 rings (SSSR count). The molecule has 0 spiro atoms. The summed E-state index contributed by atoms with van der Waals surface area (Å²) in [6, 6.07) is -1.19. The van der Waals surface area contributed by atoms with E-state index in [-0.39, 0.29) is 11.8 Å². The van der Waals surface area contributed by atoms with Gasteiger partial charge in [-0.25, -0.2) is 4.79 Å². The van der Waals surface area contributed by atoms with Crippen molar-refractivity contribution in [2.45, 2.75) is 38.8 Å². The zero-order chi connectivity index (χ0) is 14.1. The molecule has 6 heteroatoms. The van der Waals surface area contributed by atoms with Crippen molar-refractivity contribution in [3.05, 3.63) is 0 Å². The Kier molecular flexibility index (Phi) is 8.83. The molecule has 0 saturated heterocycles. The van der Waals surface area contributed by atoms with Crippen molar-refractivity contribution in [2.24, 2.45) is 11.7 Å². The maximum atomic E-state index is 11.8. The molecule has 0 heterocycles. The number of rotatable bonds is 8. The molecule has 0 aliphatic carbocycles. The number of hydrogen-bond donors (Lipinski definition) is 2. The highest BCUT2D eigenvalue weighted by molar-refractivity contribution is 7.98. The van der Waals surface area contributed by atoms with Crippen LogP contribution in [0.2, 0.25) is 0 Å². The quantitative estimate of drug-likeness (QED) is 0.640. The predicted molar refractivity (Wildman–Crippen MR) is 74.4 cm³/mol. The monoisotopic (exact) mass is 276 g/mol. The topological polar surface area (TPSA) is 81.4 Å². The molecule has 106 valence electrons. The average molecular weight is 276 g/mol. The van der Waals surface area contributed by atoms with Gasteiger partial charge in [-0.05, 0) is 24.3 Å². The van der Waals surface area contributed by atoms with Gasteiger partial charge in [-0.3, -0.25) is 4.79 Å². The van der Waals surface area contributed by atoms with Crippen molar-refractivity contribution >= 4 is 23.6 Å². The Morgan fingerprint density at radius 2 is 2.06 bits per heavy atom. The SMILES string of the molecule is CCC(C)C(NC(=O)[C@@H](N)CCSC)C(=O)OC. The Balaban J connectivity index is 4.48. The maximum Gasteiger partial charge on any atom is 0.328 e. The summed E-state index contributed by atoms with van der Waals surface area (Å²) in [6.07, 6.45) is 3.34. The van der Waals surface area contributed by atoms with Gasteiger partial charge in [0.1, 0.15) is 6.04 Å². The Labute approximate surface area is 113 Å². The Hall–Kier alpha value is -0.750. The van der Waals surface area contributed by atoms with E-state index in [9.17, 15) is 9.59 Å². The second-order valence-electron chi connectivity index (χ2n) is 4.28. The smallest absolute Gasteiger partial charge is 0.328 e. The van der Waals surface area contributed by atoms with Crippen LogP contribution in [0.4, 0.5) is 0 Å². The van der Waals surface area contributed by atoms with Gasteiger partial charge in [0.05, 0.1) is 13.2 Å². The van der Waals surface area contributed by atoms with Crippen LogP contribution in [0.1, 0.15) is 26.7 Å². The van der Waals surface area contributed by atoms with Crippen LogP contribution in [-0.2, 0) is 14.3 Å². The van der Waals surface area contributed by atoms with Gasteiger partial charge >= 0.3 is 5.97 Å². The molecule has 0 aliphatic heterocycles. The highest BCUT2D eigenvalue weighted by atomic mass is 32.2. The molecule has 0 saturated carbocycles. The van der Waals surface area contributed by atoms with Crippen LogP contribution >= 0.6 is 11.8 Å². The first kappa shape index (κ1) is 17.2. The highest BCUT2D eigenvalue weighted by Crippen LogP contribution is 2.10. The molecule has 1 amide bonds. The number of carbonyl (C=O) groups excluding carboxylic acids is 2. The number of carbonyl (C=O) groups is 2. The molecule has 0 bridgehead atoms. The van der Waals surface area contributed by atoms with E-state index in [4.69, 9.17) is 10.5 Å². The van der Waals surface area contributed by atoms with Gasteiger partial charge in [-0.1, -0.05) is 20.3 Å². The lowest BCUT2D eigenvalue weighted by atomic mass is 9.99. The number of thioether (sulfide) groups is 1. The molecule has 0 aliphatic rings. The molecule has 3 atom stereocenters. The molecular formula is C12H24N2O3S. The lowest BCUT2D eigenvalue weighted by Gasteiger charge is -2.23. The van der Waals surface area contributed by atoms with E-state index in [1.807, 2.05) is 20.1 Å². The fourth-order valence-electron chi connectivity index (χ4n) is 1.43. The Morgan fingerprint density at radius 1 is 1.44 bits per heavy atom. The van der Waals surface area contributed by atoms with Gasteiger partial charge in [0.25, 0.3) is 0 Å². The first-order chi connectivity index (χ1) is 8.47. The van der Waals surface area contributed by atoms with Crippen LogP contribution < -0.4 is 11.1 Å². The van der Waals surface area contributed by atoms with E-state index in [1.165, 1.54) is 7.11 Å². The minimum Gasteiger partial charge on any atom is -0.467 e. The van der Waals surface area contributed by atoms with Gasteiger partial charge in [0.15, 0.2) is 0 Å². The van der Waals surface area contributed by atoms with Gasteiger partial charge in [0, 0.05) is 0 Å². The zero-order valence-corrected chi connectivity index (χ0v) is 12.4. The number of esters is 1. The van der Waals surface area contributed by atoms with E-state index in [2.05, 4.69) is 5.32 Å². The predicted octanol–water partition coefficient (Wildman–Crippen LogP) is 0.771. The van der Waals surface area contributed by atoms with Crippen molar-refractivity contribution in [3.63, 3.8) is 0 Å². The van der Waals surface area contributed by atoms with E-state index >= 15 is 0 Å². The number of methoxy groups -OCH3 is 1. The first-order valence-corrected chi connectivity index (χ1v) is 7.50. The molecule has 0 aromatic carbocycles. The summed E-state index contributed by atoms with van der Waals surface area (Å²) in [4.78, 5) is 23.4. The number of hydrogen-bond acceptors (Lipinski definition) is 5. The second-order valence-corrected chi connectivity index (χ2v) is 5.27. The van der Waals surface area contributed by atoms with Crippen LogP contribution in [0.25, 0.3) is 0 Å². The third-order valence-corrected chi connectivity index (χ3v) is 3.58. The van der Waals surface area contributed by atoms with E-state index < -0.39 is 18.1 Å². The summed E-state index contributed by atoms with van der Waals surface area (Å²) in [5.41, 5.74) is 5.76. The third-order valence-electron chi connectivity index (χ3n) is 2.94. The maximum absolute atomic E-state index is 11.8. The molecule has 18 heavy (non-hydrogen) atoms. The fraction of sp³-hybridized carbons (Fsp3) is 0.833. The van der Waals surface area contributed by atoms with Crippen LogP contribution in [0.15, 0.2) is 0 Å². The van der Waals surface area contributed by atoms with Gasteiger partial charge in [0.2, 0.25) is 5.91 Å². The summed E-state index contributed by atoms with van der Waals surface area (Å²) >= 11 is 1.64. The minimum absolute atomic E-state index is 0.0224. The summed E-state index contributed by atoms with van der Waals surface area (Å²) in [6.45, 7) is 3.86. The fourth-order valence-corrected chi connectivity index (χ4v) is 1.92. The molecule has 0 radical (unpaired) electrons. The van der Waals surface area contributed by atoms with Crippen molar-refractivity contribution < 1.29 is 14.3 Å². The largest absolute Gasteiger partial charge is 0.467 e. The Morgan fingerprint density at radius 3 is 2.50 bits per heavy atom. The molecule has 0 aromatic heterocycles. The zero-order valence-electron chi connectivity index (χ0n) is 11.6. The molecule has 5 nitrogen and oxygen atoms in total. The molecule has 2 unspecified atom stereocenters. The average Bonchev–Trinajstić information content (AvgIpc) is 2.39. The van der Waals surface area contributed by atoms with Gasteiger partial charge in [-0.15, -0.1) is 0 Å².